The topological polar surface area (TPSA) is 12.0 Å². The molecule has 0 saturated heterocycles. The summed E-state index contributed by atoms with van der Waals surface area (Å²) in [6.45, 7) is 0.895. The molecule has 0 unspecified atom stereocenters. The summed E-state index contributed by atoms with van der Waals surface area (Å²) < 4.78 is 0. The van der Waals surface area contributed by atoms with Crippen LogP contribution >= 0.6 is 34.5 Å². The highest BCUT2D eigenvalue weighted by Crippen LogP contribution is 2.32. The Balaban J connectivity index is 2.31. The maximum absolute atomic E-state index is 5.99. The minimum Gasteiger partial charge on any atom is -0.315 e. The van der Waals surface area contributed by atoms with Crippen LogP contribution in [0.25, 0.3) is 10.4 Å². The summed E-state index contributed by atoms with van der Waals surface area (Å²) in [6.07, 6.45) is 0. The Kier molecular flexibility index (Phi) is 3.87. The maximum Gasteiger partial charge on any atom is 0.0598 e. The lowest BCUT2D eigenvalue weighted by molar-refractivity contribution is 0.831. The first-order valence-electron chi connectivity index (χ1n) is 4.89. The molecule has 0 aliphatic rings. The van der Waals surface area contributed by atoms with Crippen LogP contribution in [0.1, 0.15) is 4.88 Å². The van der Waals surface area contributed by atoms with E-state index >= 15 is 0 Å². The summed E-state index contributed by atoms with van der Waals surface area (Å²) in [5.74, 6) is 0. The van der Waals surface area contributed by atoms with Gasteiger partial charge in [-0.3, -0.25) is 0 Å². The van der Waals surface area contributed by atoms with Crippen LogP contribution in [0.4, 0.5) is 0 Å². The van der Waals surface area contributed by atoms with Crippen LogP contribution in [0, 0.1) is 0 Å². The highest BCUT2D eigenvalue weighted by atomic mass is 35.5. The molecule has 4 heteroatoms. The minimum atomic E-state index is 0.595. The van der Waals surface area contributed by atoms with Gasteiger partial charge in [0.2, 0.25) is 0 Å². The number of thiophene rings is 1. The van der Waals surface area contributed by atoms with Gasteiger partial charge < -0.3 is 5.32 Å². The third-order valence-corrected chi connectivity index (χ3v) is 4.09. The number of benzene rings is 1. The molecule has 1 heterocycles. The van der Waals surface area contributed by atoms with E-state index in [4.69, 9.17) is 23.2 Å². The fraction of sp³-hybridized carbons (Fsp3) is 0.167. The van der Waals surface area contributed by atoms with Crippen molar-refractivity contribution in [3.05, 3.63) is 45.3 Å². The fourth-order valence-electron chi connectivity index (χ4n) is 1.45. The molecule has 84 valence electrons. The molecule has 2 rings (SSSR count). The molecule has 0 radical (unpaired) electrons. The summed E-state index contributed by atoms with van der Waals surface area (Å²) in [5, 5.41) is 4.33. The molecular weight excluding hydrogens is 261 g/mol. The van der Waals surface area contributed by atoms with Crippen molar-refractivity contribution < 1.29 is 0 Å². The molecule has 0 spiro atoms. The third kappa shape index (κ3) is 2.58. The number of nitrogens with one attached hydrogen (secondary N) is 1. The van der Waals surface area contributed by atoms with Gasteiger partial charge in [-0.2, -0.15) is 0 Å². The van der Waals surface area contributed by atoms with Crippen LogP contribution in [-0.4, -0.2) is 7.05 Å². The van der Waals surface area contributed by atoms with Crippen molar-refractivity contribution in [1.82, 2.24) is 5.32 Å². The molecule has 0 bridgehead atoms. The minimum absolute atomic E-state index is 0.595. The molecule has 0 aliphatic heterocycles. The molecular formula is C12H11Cl2NS. The zero-order chi connectivity index (χ0) is 11.5. The zero-order valence-electron chi connectivity index (χ0n) is 8.76. The lowest BCUT2D eigenvalue weighted by Gasteiger charge is -2.00. The largest absolute Gasteiger partial charge is 0.315 e. The number of hydrogen-bond donors (Lipinski definition) is 1. The summed E-state index contributed by atoms with van der Waals surface area (Å²) >= 11 is 13.6. The van der Waals surface area contributed by atoms with Gasteiger partial charge in [0.05, 0.1) is 10.0 Å². The quantitative estimate of drug-likeness (QED) is 0.870. The predicted molar refractivity (Wildman–Crippen MR) is 72.5 cm³/mol. The highest BCUT2D eigenvalue weighted by molar-refractivity contribution is 7.15. The standard InChI is InChI=1S/C12H11Cl2NS/c1-15-7-9-3-5-12(16-9)8-2-4-10(13)11(14)6-8/h2-6,15H,7H2,1H3. The first-order chi connectivity index (χ1) is 7.70. The Bertz CT molecular complexity index is 494. The number of hydrogen-bond acceptors (Lipinski definition) is 2. The molecule has 0 amide bonds. The van der Waals surface area contributed by atoms with E-state index in [1.165, 1.54) is 9.75 Å². The lowest BCUT2D eigenvalue weighted by atomic mass is 10.2. The molecule has 0 saturated carbocycles. The van der Waals surface area contributed by atoms with Crippen LogP contribution < -0.4 is 5.32 Å². The van der Waals surface area contributed by atoms with Gasteiger partial charge in [-0.1, -0.05) is 29.3 Å². The van der Waals surface area contributed by atoms with Gasteiger partial charge in [-0.25, -0.2) is 0 Å². The number of halogens is 2. The molecule has 0 aliphatic carbocycles. The van der Waals surface area contributed by atoms with Gasteiger partial charge in [0.15, 0.2) is 0 Å². The summed E-state index contributed by atoms with van der Waals surface area (Å²) in [6, 6.07) is 9.95. The Hall–Kier alpha value is -0.540. The second kappa shape index (κ2) is 5.19. The molecule has 2 aromatic rings. The maximum atomic E-state index is 5.99. The van der Waals surface area contributed by atoms with Gasteiger partial charge in [-0.05, 0) is 36.9 Å². The van der Waals surface area contributed by atoms with Crippen LogP contribution in [0.15, 0.2) is 30.3 Å². The van der Waals surface area contributed by atoms with Crippen LogP contribution in [0.2, 0.25) is 10.0 Å². The van der Waals surface area contributed by atoms with Crippen molar-refractivity contribution in [2.45, 2.75) is 6.54 Å². The Morgan fingerprint density at radius 3 is 2.62 bits per heavy atom. The summed E-state index contributed by atoms with van der Waals surface area (Å²) in [4.78, 5) is 2.52. The monoisotopic (exact) mass is 271 g/mol. The molecule has 1 N–H and O–H groups in total. The van der Waals surface area contributed by atoms with Crippen LogP contribution in [0.5, 0.6) is 0 Å². The summed E-state index contributed by atoms with van der Waals surface area (Å²) in [5.41, 5.74) is 1.11. The van der Waals surface area contributed by atoms with Crippen molar-refractivity contribution >= 4 is 34.5 Å². The molecule has 1 nitrogen and oxygen atoms in total. The highest BCUT2D eigenvalue weighted by Gasteiger charge is 2.04. The molecule has 1 aromatic carbocycles. The van der Waals surface area contributed by atoms with Gasteiger partial charge in [0, 0.05) is 16.3 Å². The van der Waals surface area contributed by atoms with Gasteiger partial charge in [-0.15, -0.1) is 11.3 Å². The van der Waals surface area contributed by atoms with E-state index in [1.54, 1.807) is 11.3 Å². The van der Waals surface area contributed by atoms with E-state index in [0.29, 0.717) is 10.0 Å². The predicted octanol–water partition coefficient (Wildman–Crippen LogP) is 4.44. The molecule has 1 aromatic heterocycles. The Morgan fingerprint density at radius 1 is 1.12 bits per heavy atom. The summed E-state index contributed by atoms with van der Waals surface area (Å²) in [7, 11) is 1.94. The first-order valence-corrected chi connectivity index (χ1v) is 6.46. The van der Waals surface area contributed by atoms with Gasteiger partial charge >= 0.3 is 0 Å². The van der Waals surface area contributed by atoms with Crippen LogP contribution in [-0.2, 0) is 6.54 Å². The van der Waals surface area contributed by atoms with Gasteiger partial charge in [0.1, 0.15) is 0 Å². The fourth-order valence-corrected chi connectivity index (χ4v) is 2.77. The lowest BCUT2D eigenvalue weighted by Crippen LogP contribution is -2.02. The van der Waals surface area contributed by atoms with Gasteiger partial charge in [0.25, 0.3) is 0 Å². The second-order valence-corrected chi connectivity index (χ2v) is 5.41. The third-order valence-electron chi connectivity index (χ3n) is 2.22. The first kappa shape index (κ1) is 11.9. The smallest absolute Gasteiger partial charge is 0.0598 e. The number of rotatable bonds is 3. The molecule has 16 heavy (non-hydrogen) atoms. The zero-order valence-corrected chi connectivity index (χ0v) is 11.1. The van der Waals surface area contributed by atoms with Crippen molar-refractivity contribution in [3.63, 3.8) is 0 Å². The average Bonchev–Trinajstić information content (AvgIpc) is 2.71. The van der Waals surface area contributed by atoms with E-state index in [0.717, 1.165) is 12.1 Å². The van der Waals surface area contributed by atoms with Crippen molar-refractivity contribution in [2.75, 3.05) is 7.05 Å². The van der Waals surface area contributed by atoms with E-state index in [1.807, 2.05) is 25.2 Å². The van der Waals surface area contributed by atoms with Crippen molar-refractivity contribution in [2.24, 2.45) is 0 Å². The van der Waals surface area contributed by atoms with E-state index < -0.39 is 0 Å². The van der Waals surface area contributed by atoms with Crippen molar-refractivity contribution in [1.29, 1.82) is 0 Å². The second-order valence-electron chi connectivity index (χ2n) is 3.43. The Labute approximate surface area is 109 Å². The van der Waals surface area contributed by atoms with E-state index in [9.17, 15) is 0 Å². The Morgan fingerprint density at radius 2 is 1.94 bits per heavy atom. The normalized spacial score (nSPS) is 10.7. The average molecular weight is 272 g/mol. The SMILES string of the molecule is CNCc1ccc(-c2ccc(Cl)c(Cl)c2)s1. The van der Waals surface area contributed by atoms with Crippen LogP contribution in [0.3, 0.4) is 0 Å². The van der Waals surface area contributed by atoms with E-state index in [-0.39, 0.29) is 0 Å². The van der Waals surface area contributed by atoms with E-state index in [2.05, 4.69) is 17.4 Å². The molecule has 0 fully saturated rings. The van der Waals surface area contributed by atoms with Crippen molar-refractivity contribution in [3.8, 4) is 10.4 Å². The molecule has 0 atom stereocenters.